The van der Waals surface area contributed by atoms with Gasteiger partial charge in [0.2, 0.25) is 0 Å². The van der Waals surface area contributed by atoms with Gasteiger partial charge in [-0.25, -0.2) is 13.6 Å². The van der Waals surface area contributed by atoms with Crippen LogP contribution in [0.3, 0.4) is 0 Å². The summed E-state index contributed by atoms with van der Waals surface area (Å²) >= 11 is 0. The fourth-order valence-corrected chi connectivity index (χ4v) is 1.74. The van der Waals surface area contributed by atoms with E-state index in [0.717, 1.165) is 6.92 Å². The number of carbonyl (C=O) groups excluding carboxylic acids is 1. The summed E-state index contributed by atoms with van der Waals surface area (Å²) in [6.07, 6.45) is 0.296. The molecule has 1 aliphatic rings. The lowest BCUT2D eigenvalue weighted by atomic mass is 10.2. The topological polar surface area (TPSA) is 41.6 Å². The van der Waals surface area contributed by atoms with E-state index in [4.69, 9.17) is 4.74 Å². The van der Waals surface area contributed by atoms with Gasteiger partial charge < -0.3 is 15.0 Å². The number of nitrogens with zero attached hydrogens (tertiary/aromatic N) is 1. The molecule has 1 heterocycles. The Morgan fingerprint density at radius 2 is 2.00 bits per heavy atom. The van der Waals surface area contributed by atoms with Gasteiger partial charge in [0.05, 0.1) is 6.54 Å². The normalized spacial score (nSPS) is 21.2. The van der Waals surface area contributed by atoms with Gasteiger partial charge in [-0.05, 0) is 27.2 Å². The van der Waals surface area contributed by atoms with Crippen LogP contribution in [0, 0.1) is 0 Å². The average Bonchev–Trinajstić information content (AvgIpc) is 2.58. The van der Waals surface area contributed by atoms with Crippen LogP contribution >= 0.6 is 0 Å². The Labute approximate surface area is 107 Å². The summed E-state index contributed by atoms with van der Waals surface area (Å²) in [7, 11) is 0. The molecule has 1 saturated heterocycles. The molecule has 1 amide bonds. The van der Waals surface area contributed by atoms with E-state index in [-0.39, 0.29) is 18.7 Å². The number of hydrogen-bond acceptors (Lipinski definition) is 3. The summed E-state index contributed by atoms with van der Waals surface area (Å²) < 4.78 is 30.6. The Hall–Kier alpha value is -0.910. The average molecular weight is 264 g/mol. The maximum absolute atomic E-state index is 12.7. The van der Waals surface area contributed by atoms with Crippen molar-refractivity contribution in [1.29, 1.82) is 0 Å². The Bertz CT molecular complexity index is 297. The van der Waals surface area contributed by atoms with E-state index in [2.05, 4.69) is 5.32 Å². The van der Waals surface area contributed by atoms with Gasteiger partial charge in [-0.3, -0.25) is 0 Å². The number of amides is 1. The van der Waals surface area contributed by atoms with Crippen LogP contribution in [0.5, 0.6) is 0 Å². The predicted molar refractivity (Wildman–Crippen MR) is 64.8 cm³/mol. The fourth-order valence-electron chi connectivity index (χ4n) is 1.74. The second-order valence-corrected chi connectivity index (χ2v) is 5.86. The lowest BCUT2D eigenvalue weighted by Gasteiger charge is -2.24. The van der Waals surface area contributed by atoms with Crippen LogP contribution in [0.1, 0.15) is 34.1 Å². The highest BCUT2D eigenvalue weighted by atomic mass is 19.3. The molecular formula is C12H22F2N2O2. The summed E-state index contributed by atoms with van der Waals surface area (Å²) in [5.74, 6) is -2.72. The van der Waals surface area contributed by atoms with Crippen LogP contribution in [0.25, 0.3) is 0 Å². The van der Waals surface area contributed by atoms with E-state index in [0.29, 0.717) is 19.5 Å². The SMILES string of the molecule is CC(F)(F)CNC1CCN(C(=O)OC(C)(C)C)C1. The van der Waals surface area contributed by atoms with Gasteiger partial charge >= 0.3 is 6.09 Å². The van der Waals surface area contributed by atoms with Crippen molar-refractivity contribution >= 4 is 6.09 Å². The molecule has 6 heteroatoms. The quantitative estimate of drug-likeness (QED) is 0.850. The van der Waals surface area contributed by atoms with Crippen molar-refractivity contribution < 1.29 is 18.3 Å². The van der Waals surface area contributed by atoms with Crippen LogP contribution < -0.4 is 5.32 Å². The number of likely N-dealkylation sites (tertiary alicyclic amines) is 1. The maximum atomic E-state index is 12.7. The number of carbonyl (C=O) groups is 1. The highest BCUT2D eigenvalue weighted by Gasteiger charge is 2.31. The molecule has 1 N–H and O–H groups in total. The number of halogens is 2. The molecule has 1 aliphatic heterocycles. The van der Waals surface area contributed by atoms with Gasteiger partial charge in [0, 0.05) is 26.1 Å². The van der Waals surface area contributed by atoms with E-state index in [9.17, 15) is 13.6 Å². The van der Waals surface area contributed by atoms with Crippen molar-refractivity contribution in [2.75, 3.05) is 19.6 Å². The minimum absolute atomic E-state index is 0.0802. The Balaban J connectivity index is 2.35. The standard InChI is InChI=1S/C12H22F2N2O2/c1-11(2,3)18-10(17)16-6-5-9(7-16)15-8-12(4,13)14/h9,15H,5-8H2,1-4H3. The third-order valence-corrected chi connectivity index (χ3v) is 2.54. The third-order valence-electron chi connectivity index (χ3n) is 2.54. The van der Waals surface area contributed by atoms with Crippen molar-refractivity contribution in [3.05, 3.63) is 0 Å². The first-order valence-electron chi connectivity index (χ1n) is 6.16. The molecule has 18 heavy (non-hydrogen) atoms. The summed E-state index contributed by atoms with van der Waals surface area (Å²) in [5.41, 5.74) is -0.529. The van der Waals surface area contributed by atoms with E-state index >= 15 is 0 Å². The summed E-state index contributed by atoms with van der Waals surface area (Å²) in [5, 5.41) is 2.77. The summed E-state index contributed by atoms with van der Waals surface area (Å²) in [6.45, 7) is 6.88. The van der Waals surface area contributed by atoms with Crippen LogP contribution in [0.2, 0.25) is 0 Å². The molecule has 1 rings (SSSR count). The van der Waals surface area contributed by atoms with Crippen molar-refractivity contribution in [3.63, 3.8) is 0 Å². The summed E-state index contributed by atoms with van der Waals surface area (Å²) in [4.78, 5) is 13.3. The molecule has 0 saturated carbocycles. The third kappa shape index (κ3) is 5.62. The van der Waals surface area contributed by atoms with Gasteiger partial charge in [-0.15, -0.1) is 0 Å². The second kappa shape index (κ2) is 5.38. The minimum atomic E-state index is -2.72. The molecule has 106 valence electrons. The highest BCUT2D eigenvalue weighted by molar-refractivity contribution is 5.68. The Kier molecular flexibility index (Phi) is 4.53. The minimum Gasteiger partial charge on any atom is -0.444 e. The molecular weight excluding hydrogens is 242 g/mol. The molecule has 1 unspecified atom stereocenters. The fraction of sp³-hybridized carbons (Fsp3) is 0.917. The van der Waals surface area contributed by atoms with Gasteiger partial charge in [0.25, 0.3) is 5.92 Å². The van der Waals surface area contributed by atoms with Crippen LogP contribution in [-0.4, -0.2) is 48.2 Å². The number of rotatable bonds is 3. The molecule has 0 aromatic heterocycles. The van der Waals surface area contributed by atoms with E-state index in [1.165, 1.54) is 0 Å². The van der Waals surface area contributed by atoms with Crippen LogP contribution in [0.4, 0.5) is 13.6 Å². The zero-order valence-electron chi connectivity index (χ0n) is 11.4. The molecule has 0 radical (unpaired) electrons. The lowest BCUT2D eigenvalue weighted by Crippen LogP contribution is -2.41. The number of ether oxygens (including phenoxy) is 1. The van der Waals surface area contributed by atoms with E-state index in [1.54, 1.807) is 25.7 Å². The molecule has 0 aliphatic carbocycles. The zero-order valence-corrected chi connectivity index (χ0v) is 11.4. The first-order valence-corrected chi connectivity index (χ1v) is 6.16. The van der Waals surface area contributed by atoms with Gasteiger partial charge in [-0.2, -0.15) is 0 Å². The molecule has 0 aromatic rings. The molecule has 0 bridgehead atoms. The largest absolute Gasteiger partial charge is 0.444 e. The molecule has 1 atom stereocenters. The zero-order chi connectivity index (χ0) is 14.0. The van der Waals surface area contributed by atoms with Crippen molar-refractivity contribution in [2.45, 2.75) is 51.7 Å². The first kappa shape index (κ1) is 15.1. The van der Waals surface area contributed by atoms with E-state index in [1.807, 2.05) is 0 Å². The number of nitrogens with one attached hydrogen (secondary N) is 1. The number of alkyl halides is 2. The smallest absolute Gasteiger partial charge is 0.410 e. The summed E-state index contributed by atoms with van der Waals surface area (Å²) in [6, 6.07) is -0.0802. The van der Waals surface area contributed by atoms with Crippen LogP contribution in [-0.2, 0) is 4.74 Å². The van der Waals surface area contributed by atoms with Gasteiger partial charge in [-0.1, -0.05) is 0 Å². The second-order valence-electron chi connectivity index (χ2n) is 5.86. The number of hydrogen-bond donors (Lipinski definition) is 1. The Morgan fingerprint density at radius 3 is 2.50 bits per heavy atom. The van der Waals surface area contributed by atoms with Gasteiger partial charge in [0.1, 0.15) is 5.60 Å². The van der Waals surface area contributed by atoms with Crippen LogP contribution in [0.15, 0.2) is 0 Å². The molecule has 1 fully saturated rings. The molecule has 0 aromatic carbocycles. The predicted octanol–water partition coefficient (Wildman–Crippen LogP) is 2.24. The first-order chi connectivity index (χ1) is 8.07. The van der Waals surface area contributed by atoms with Crippen molar-refractivity contribution in [3.8, 4) is 0 Å². The van der Waals surface area contributed by atoms with Gasteiger partial charge in [0.15, 0.2) is 0 Å². The van der Waals surface area contributed by atoms with Crippen molar-refractivity contribution in [1.82, 2.24) is 10.2 Å². The monoisotopic (exact) mass is 264 g/mol. The Morgan fingerprint density at radius 1 is 1.39 bits per heavy atom. The lowest BCUT2D eigenvalue weighted by molar-refractivity contribution is 0.0193. The van der Waals surface area contributed by atoms with Crippen molar-refractivity contribution in [2.24, 2.45) is 0 Å². The molecule has 4 nitrogen and oxygen atoms in total. The van der Waals surface area contributed by atoms with E-state index < -0.39 is 11.5 Å². The molecule has 0 spiro atoms. The highest BCUT2D eigenvalue weighted by Crippen LogP contribution is 2.16. The maximum Gasteiger partial charge on any atom is 0.410 e.